The molecule has 0 spiro atoms. The molecular weight excluding hydrogens is 199 g/mol. The van der Waals surface area contributed by atoms with Crippen LogP contribution in [-0.4, -0.2) is 19.6 Å². The summed E-state index contributed by atoms with van der Waals surface area (Å²) < 4.78 is 17.5. The number of carbonyl (C=O) groups excluding carboxylic acids is 1. The van der Waals surface area contributed by atoms with Gasteiger partial charge in [0.1, 0.15) is 12.4 Å². The molecule has 0 saturated carbocycles. The molecule has 0 aliphatic heterocycles. The van der Waals surface area contributed by atoms with Crippen LogP contribution in [0.5, 0.6) is 0 Å². The topological polar surface area (TPSA) is 64.3 Å². The maximum Gasteiger partial charge on any atom is 0.325 e. The van der Waals surface area contributed by atoms with E-state index in [4.69, 9.17) is 5.73 Å². The molecular formula is C10H13FN2O2. The highest BCUT2D eigenvalue weighted by molar-refractivity contribution is 5.77. The van der Waals surface area contributed by atoms with Crippen LogP contribution in [-0.2, 0) is 9.53 Å². The number of nitrogens with two attached hydrogens (primary N) is 1. The SMILES string of the molecule is COC(=O)CNc1cc(C)c(F)cc1N. The van der Waals surface area contributed by atoms with Crippen LogP contribution in [0.25, 0.3) is 0 Å². The van der Waals surface area contributed by atoms with Crippen LogP contribution in [0.15, 0.2) is 12.1 Å². The molecule has 0 atom stereocenters. The van der Waals surface area contributed by atoms with E-state index in [1.807, 2.05) is 0 Å². The molecule has 15 heavy (non-hydrogen) atoms. The number of esters is 1. The van der Waals surface area contributed by atoms with Gasteiger partial charge in [-0.2, -0.15) is 0 Å². The monoisotopic (exact) mass is 212 g/mol. The van der Waals surface area contributed by atoms with Gasteiger partial charge >= 0.3 is 5.97 Å². The zero-order valence-corrected chi connectivity index (χ0v) is 8.63. The first-order valence-electron chi connectivity index (χ1n) is 4.41. The van der Waals surface area contributed by atoms with Crippen molar-refractivity contribution < 1.29 is 13.9 Å². The summed E-state index contributed by atoms with van der Waals surface area (Å²) in [4.78, 5) is 10.8. The number of hydrogen-bond acceptors (Lipinski definition) is 4. The van der Waals surface area contributed by atoms with Crippen LogP contribution in [0.4, 0.5) is 15.8 Å². The number of rotatable bonds is 3. The van der Waals surface area contributed by atoms with Gasteiger partial charge in [0.05, 0.1) is 18.5 Å². The maximum atomic E-state index is 13.0. The van der Waals surface area contributed by atoms with Gasteiger partial charge in [-0.3, -0.25) is 4.79 Å². The molecule has 0 bridgehead atoms. The van der Waals surface area contributed by atoms with Crippen molar-refractivity contribution in [2.24, 2.45) is 0 Å². The fourth-order valence-electron chi connectivity index (χ4n) is 1.09. The number of ether oxygens (including phenoxy) is 1. The number of hydrogen-bond donors (Lipinski definition) is 2. The van der Waals surface area contributed by atoms with E-state index in [0.29, 0.717) is 11.3 Å². The lowest BCUT2D eigenvalue weighted by molar-refractivity contribution is -0.138. The van der Waals surface area contributed by atoms with Crippen molar-refractivity contribution in [3.63, 3.8) is 0 Å². The highest BCUT2D eigenvalue weighted by Gasteiger charge is 2.06. The molecule has 0 aromatic heterocycles. The van der Waals surface area contributed by atoms with E-state index in [-0.39, 0.29) is 18.0 Å². The molecule has 0 amide bonds. The molecule has 4 nitrogen and oxygen atoms in total. The van der Waals surface area contributed by atoms with Crippen molar-refractivity contribution >= 4 is 17.3 Å². The average Bonchev–Trinajstić information content (AvgIpc) is 2.21. The Morgan fingerprint density at radius 3 is 2.87 bits per heavy atom. The summed E-state index contributed by atoms with van der Waals surface area (Å²) in [6.45, 7) is 1.63. The second kappa shape index (κ2) is 4.63. The Bertz CT molecular complexity index is 380. The van der Waals surface area contributed by atoms with Gasteiger partial charge in [0.25, 0.3) is 0 Å². The Hall–Kier alpha value is -1.78. The summed E-state index contributed by atoms with van der Waals surface area (Å²) in [6, 6.07) is 2.77. The molecule has 3 N–H and O–H groups in total. The summed E-state index contributed by atoms with van der Waals surface area (Å²) in [7, 11) is 1.29. The molecule has 1 aromatic rings. The molecule has 1 rings (SSSR count). The van der Waals surface area contributed by atoms with Crippen molar-refractivity contribution in [3.05, 3.63) is 23.5 Å². The zero-order valence-electron chi connectivity index (χ0n) is 8.63. The van der Waals surface area contributed by atoms with Gasteiger partial charge in [0, 0.05) is 0 Å². The lowest BCUT2D eigenvalue weighted by Gasteiger charge is -2.09. The first-order chi connectivity index (χ1) is 7.04. The van der Waals surface area contributed by atoms with Crippen LogP contribution in [0.2, 0.25) is 0 Å². The van der Waals surface area contributed by atoms with Crippen molar-refractivity contribution in [2.75, 3.05) is 24.7 Å². The third-order valence-corrected chi connectivity index (χ3v) is 1.98. The molecule has 0 unspecified atom stereocenters. The van der Waals surface area contributed by atoms with Crippen molar-refractivity contribution in [1.82, 2.24) is 0 Å². The van der Waals surface area contributed by atoms with Gasteiger partial charge in [-0.05, 0) is 24.6 Å². The normalized spacial score (nSPS) is 9.80. The molecule has 82 valence electrons. The lowest BCUT2D eigenvalue weighted by Crippen LogP contribution is -2.16. The number of nitrogen functional groups attached to an aromatic ring is 1. The number of halogens is 1. The number of benzene rings is 1. The van der Waals surface area contributed by atoms with Gasteiger partial charge in [-0.1, -0.05) is 0 Å². The third kappa shape index (κ3) is 2.83. The Morgan fingerprint density at radius 1 is 1.60 bits per heavy atom. The van der Waals surface area contributed by atoms with Gasteiger partial charge in [-0.25, -0.2) is 4.39 Å². The van der Waals surface area contributed by atoms with Crippen LogP contribution >= 0.6 is 0 Å². The largest absolute Gasteiger partial charge is 0.468 e. The standard InChI is InChI=1S/C10H13FN2O2/c1-6-3-9(8(12)4-7(6)11)13-5-10(14)15-2/h3-4,13H,5,12H2,1-2H3. The molecule has 0 fully saturated rings. The predicted octanol–water partition coefficient (Wildman–Crippen LogP) is 1.30. The van der Waals surface area contributed by atoms with Crippen LogP contribution in [0.3, 0.4) is 0 Å². The fourth-order valence-corrected chi connectivity index (χ4v) is 1.09. The van der Waals surface area contributed by atoms with E-state index in [0.717, 1.165) is 0 Å². The predicted molar refractivity (Wildman–Crippen MR) is 56.1 cm³/mol. The van der Waals surface area contributed by atoms with Crippen molar-refractivity contribution in [3.8, 4) is 0 Å². The van der Waals surface area contributed by atoms with E-state index in [1.54, 1.807) is 13.0 Å². The number of anilines is 2. The van der Waals surface area contributed by atoms with Crippen LogP contribution in [0, 0.1) is 12.7 Å². The number of carbonyl (C=O) groups is 1. The van der Waals surface area contributed by atoms with Gasteiger partial charge in [0.15, 0.2) is 0 Å². The summed E-state index contributed by atoms with van der Waals surface area (Å²) >= 11 is 0. The molecule has 0 aliphatic carbocycles. The van der Waals surface area contributed by atoms with Crippen molar-refractivity contribution in [2.45, 2.75) is 6.92 Å². The van der Waals surface area contributed by atoms with E-state index >= 15 is 0 Å². The second-order valence-corrected chi connectivity index (χ2v) is 3.12. The van der Waals surface area contributed by atoms with E-state index in [1.165, 1.54) is 13.2 Å². The van der Waals surface area contributed by atoms with Gasteiger partial charge in [0.2, 0.25) is 0 Å². The van der Waals surface area contributed by atoms with Crippen molar-refractivity contribution in [1.29, 1.82) is 0 Å². The lowest BCUT2D eigenvalue weighted by atomic mass is 10.2. The minimum atomic E-state index is -0.406. The third-order valence-electron chi connectivity index (χ3n) is 1.98. The average molecular weight is 212 g/mol. The fraction of sp³-hybridized carbons (Fsp3) is 0.300. The van der Waals surface area contributed by atoms with Crippen LogP contribution < -0.4 is 11.1 Å². The van der Waals surface area contributed by atoms with E-state index < -0.39 is 5.97 Å². The molecule has 0 radical (unpaired) electrons. The number of methoxy groups -OCH3 is 1. The maximum absolute atomic E-state index is 13.0. The van der Waals surface area contributed by atoms with E-state index in [2.05, 4.69) is 10.1 Å². The van der Waals surface area contributed by atoms with Gasteiger partial charge < -0.3 is 15.8 Å². The van der Waals surface area contributed by atoms with Gasteiger partial charge in [-0.15, -0.1) is 0 Å². The number of nitrogens with one attached hydrogen (secondary N) is 1. The summed E-state index contributed by atoms with van der Waals surface area (Å²) in [5.74, 6) is -0.771. The Morgan fingerprint density at radius 2 is 2.27 bits per heavy atom. The molecule has 1 aromatic carbocycles. The zero-order chi connectivity index (χ0) is 11.4. The molecule has 0 heterocycles. The first kappa shape index (κ1) is 11.3. The molecule has 0 aliphatic rings. The summed E-state index contributed by atoms with van der Waals surface area (Å²) in [5, 5.41) is 2.77. The molecule has 0 saturated heterocycles. The van der Waals surface area contributed by atoms with E-state index in [9.17, 15) is 9.18 Å². The summed E-state index contributed by atoms with van der Waals surface area (Å²) in [6.07, 6.45) is 0. The Balaban J connectivity index is 2.77. The number of aryl methyl sites for hydroxylation is 1. The smallest absolute Gasteiger partial charge is 0.325 e. The Labute approximate surface area is 87.2 Å². The minimum Gasteiger partial charge on any atom is -0.468 e. The molecule has 5 heteroatoms. The summed E-state index contributed by atoms with van der Waals surface area (Å²) in [5.41, 5.74) is 6.83. The Kier molecular flexibility index (Phi) is 3.49. The highest BCUT2D eigenvalue weighted by Crippen LogP contribution is 2.22. The van der Waals surface area contributed by atoms with Crippen LogP contribution in [0.1, 0.15) is 5.56 Å². The minimum absolute atomic E-state index is 0.00573. The highest BCUT2D eigenvalue weighted by atomic mass is 19.1. The first-order valence-corrected chi connectivity index (χ1v) is 4.41. The second-order valence-electron chi connectivity index (χ2n) is 3.12. The quantitative estimate of drug-likeness (QED) is 0.585.